The van der Waals surface area contributed by atoms with Crippen molar-refractivity contribution in [3.05, 3.63) is 16.7 Å². The summed E-state index contributed by atoms with van der Waals surface area (Å²) in [5.74, 6) is 1.46. The Morgan fingerprint density at radius 3 is 2.83 bits per heavy atom. The van der Waals surface area contributed by atoms with E-state index in [1.165, 1.54) is 0 Å². The lowest BCUT2D eigenvalue weighted by molar-refractivity contribution is 0.0206. The maximum absolute atomic E-state index is 12.2. The van der Waals surface area contributed by atoms with Crippen molar-refractivity contribution in [3.8, 4) is 5.75 Å². The number of carbonyl (C=O) groups is 1. The van der Waals surface area contributed by atoms with Gasteiger partial charge in [-0.2, -0.15) is 0 Å². The Labute approximate surface area is 145 Å². The molecule has 1 aliphatic heterocycles. The molecule has 128 valence electrons. The van der Waals surface area contributed by atoms with Gasteiger partial charge in [0, 0.05) is 31.3 Å². The van der Waals surface area contributed by atoms with Crippen LogP contribution in [0.1, 0.15) is 33.6 Å². The van der Waals surface area contributed by atoms with Gasteiger partial charge in [0.1, 0.15) is 21.8 Å². The molecule has 2 heterocycles. The van der Waals surface area contributed by atoms with E-state index in [2.05, 4.69) is 26.2 Å². The van der Waals surface area contributed by atoms with Crippen molar-refractivity contribution >= 4 is 27.8 Å². The maximum Gasteiger partial charge on any atom is 0.410 e. The summed E-state index contributed by atoms with van der Waals surface area (Å²) in [6.45, 7) is 6.96. The first kappa shape index (κ1) is 17.8. The number of anilines is 1. The SMILES string of the molecule is COc1cc(Br)nc(N[C@H]2CCCN(C(=O)OC(C)(C)C)C2)c1. The summed E-state index contributed by atoms with van der Waals surface area (Å²) in [6, 6.07) is 3.79. The van der Waals surface area contributed by atoms with Gasteiger partial charge in [-0.15, -0.1) is 0 Å². The van der Waals surface area contributed by atoms with Crippen LogP contribution in [0.15, 0.2) is 16.7 Å². The zero-order valence-electron chi connectivity index (χ0n) is 14.1. The Hall–Kier alpha value is -1.50. The number of piperidine rings is 1. The van der Waals surface area contributed by atoms with Crippen molar-refractivity contribution in [2.75, 3.05) is 25.5 Å². The lowest BCUT2D eigenvalue weighted by Crippen LogP contribution is -2.47. The average Bonchev–Trinajstić information content (AvgIpc) is 2.45. The minimum atomic E-state index is -0.476. The number of methoxy groups -OCH3 is 1. The Morgan fingerprint density at radius 1 is 1.43 bits per heavy atom. The number of nitrogens with zero attached hydrogens (tertiary/aromatic N) is 2. The van der Waals surface area contributed by atoms with Gasteiger partial charge >= 0.3 is 6.09 Å². The molecule has 1 aromatic rings. The molecule has 1 N–H and O–H groups in total. The van der Waals surface area contributed by atoms with Crippen LogP contribution in [-0.4, -0.2) is 47.8 Å². The molecule has 7 heteroatoms. The standard InChI is InChI=1S/C16H24BrN3O3/c1-16(2,3)23-15(21)20-7-5-6-11(10-20)18-14-9-12(22-4)8-13(17)19-14/h8-9,11H,5-7,10H2,1-4H3,(H,18,19)/t11-/m0/s1. The topological polar surface area (TPSA) is 63.7 Å². The van der Waals surface area contributed by atoms with Gasteiger partial charge in [-0.05, 0) is 49.5 Å². The lowest BCUT2D eigenvalue weighted by Gasteiger charge is -2.34. The summed E-state index contributed by atoms with van der Waals surface area (Å²) >= 11 is 3.37. The summed E-state index contributed by atoms with van der Waals surface area (Å²) in [7, 11) is 1.62. The van der Waals surface area contributed by atoms with E-state index < -0.39 is 5.60 Å². The number of carbonyl (C=O) groups excluding carboxylic acids is 1. The number of pyridine rings is 1. The second kappa shape index (κ2) is 7.38. The van der Waals surface area contributed by atoms with E-state index in [0.717, 1.165) is 31.0 Å². The monoisotopic (exact) mass is 385 g/mol. The number of aromatic nitrogens is 1. The molecule has 6 nitrogen and oxygen atoms in total. The fourth-order valence-electron chi connectivity index (χ4n) is 2.46. The predicted molar refractivity (Wildman–Crippen MR) is 92.9 cm³/mol. The number of hydrogen-bond acceptors (Lipinski definition) is 5. The summed E-state index contributed by atoms with van der Waals surface area (Å²) in [5.41, 5.74) is -0.476. The van der Waals surface area contributed by atoms with Crippen LogP contribution < -0.4 is 10.1 Å². The molecule has 1 fully saturated rings. The average molecular weight is 386 g/mol. The van der Waals surface area contributed by atoms with Crippen LogP contribution in [0.3, 0.4) is 0 Å². The van der Waals surface area contributed by atoms with Crippen LogP contribution in [0.5, 0.6) is 5.75 Å². The molecule has 1 aliphatic rings. The van der Waals surface area contributed by atoms with Gasteiger partial charge in [0.05, 0.1) is 7.11 Å². The zero-order valence-corrected chi connectivity index (χ0v) is 15.6. The zero-order chi connectivity index (χ0) is 17.0. The molecule has 1 amide bonds. The molecule has 1 saturated heterocycles. The first-order chi connectivity index (χ1) is 10.8. The molecule has 1 atom stereocenters. The second-order valence-corrected chi connectivity index (χ2v) is 7.44. The molecule has 2 rings (SSSR count). The summed E-state index contributed by atoms with van der Waals surface area (Å²) in [6.07, 6.45) is 1.65. The number of amides is 1. The summed E-state index contributed by atoms with van der Waals surface area (Å²) in [5, 5.41) is 3.37. The highest BCUT2D eigenvalue weighted by Gasteiger charge is 2.27. The van der Waals surface area contributed by atoms with E-state index in [0.29, 0.717) is 11.1 Å². The van der Waals surface area contributed by atoms with Crippen molar-refractivity contribution in [3.63, 3.8) is 0 Å². The van der Waals surface area contributed by atoms with E-state index in [1.54, 1.807) is 18.1 Å². The predicted octanol–water partition coefficient (Wildman–Crippen LogP) is 3.66. The number of halogens is 1. The Balaban J connectivity index is 1.99. The molecular formula is C16H24BrN3O3. The molecule has 0 aliphatic carbocycles. The molecule has 1 aromatic heterocycles. The third-order valence-corrected chi connectivity index (χ3v) is 3.83. The first-order valence-corrected chi connectivity index (χ1v) is 8.52. The van der Waals surface area contributed by atoms with Crippen molar-refractivity contribution in [2.24, 2.45) is 0 Å². The Morgan fingerprint density at radius 2 is 2.17 bits per heavy atom. The highest BCUT2D eigenvalue weighted by atomic mass is 79.9. The molecular weight excluding hydrogens is 362 g/mol. The number of likely N-dealkylation sites (tertiary alicyclic amines) is 1. The Kier molecular flexibility index (Phi) is 5.73. The highest BCUT2D eigenvalue weighted by Crippen LogP contribution is 2.23. The number of nitrogens with one attached hydrogen (secondary N) is 1. The smallest absolute Gasteiger partial charge is 0.410 e. The highest BCUT2D eigenvalue weighted by molar-refractivity contribution is 9.10. The second-order valence-electron chi connectivity index (χ2n) is 6.62. The van der Waals surface area contributed by atoms with Crippen molar-refractivity contribution in [2.45, 2.75) is 45.3 Å². The van der Waals surface area contributed by atoms with E-state index in [9.17, 15) is 4.79 Å². The van der Waals surface area contributed by atoms with Gasteiger partial charge in [0.15, 0.2) is 0 Å². The summed E-state index contributed by atoms with van der Waals surface area (Å²) in [4.78, 5) is 18.3. The van der Waals surface area contributed by atoms with Gasteiger partial charge in [0.25, 0.3) is 0 Å². The molecule has 0 spiro atoms. The van der Waals surface area contributed by atoms with Crippen molar-refractivity contribution in [1.29, 1.82) is 0 Å². The minimum absolute atomic E-state index is 0.141. The third kappa shape index (κ3) is 5.57. The van der Waals surface area contributed by atoms with Gasteiger partial charge in [-0.3, -0.25) is 0 Å². The molecule has 0 bridgehead atoms. The van der Waals surface area contributed by atoms with Gasteiger partial charge in [-0.1, -0.05) is 0 Å². The number of rotatable bonds is 3. The molecule has 0 aromatic carbocycles. The van der Waals surface area contributed by atoms with Crippen LogP contribution >= 0.6 is 15.9 Å². The van der Waals surface area contributed by atoms with Crippen molar-refractivity contribution in [1.82, 2.24) is 9.88 Å². The minimum Gasteiger partial charge on any atom is -0.497 e. The van der Waals surface area contributed by atoms with Crippen LogP contribution in [0.4, 0.5) is 10.6 Å². The third-order valence-electron chi connectivity index (χ3n) is 3.43. The van der Waals surface area contributed by atoms with Crippen LogP contribution in [0, 0.1) is 0 Å². The molecule has 0 radical (unpaired) electrons. The fraction of sp³-hybridized carbons (Fsp3) is 0.625. The first-order valence-electron chi connectivity index (χ1n) is 7.73. The normalized spacial score (nSPS) is 18.5. The Bertz CT molecular complexity index is 560. The van der Waals surface area contributed by atoms with Crippen LogP contribution in [0.2, 0.25) is 0 Å². The molecule has 23 heavy (non-hydrogen) atoms. The van der Waals surface area contributed by atoms with E-state index in [-0.39, 0.29) is 12.1 Å². The largest absolute Gasteiger partial charge is 0.497 e. The molecule has 0 unspecified atom stereocenters. The number of ether oxygens (including phenoxy) is 2. The maximum atomic E-state index is 12.2. The van der Waals surface area contributed by atoms with Crippen LogP contribution in [-0.2, 0) is 4.74 Å². The van der Waals surface area contributed by atoms with E-state index >= 15 is 0 Å². The summed E-state index contributed by atoms with van der Waals surface area (Å²) < 4.78 is 11.4. The van der Waals surface area contributed by atoms with Gasteiger partial charge in [0.2, 0.25) is 0 Å². The van der Waals surface area contributed by atoms with Crippen LogP contribution in [0.25, 0.3) is 0 Å². The molecule has 0 saturated carbocycles. The quantitative estimate of drug-likeness (QED) is 0.804. The fourth-order valence-corrected chi connectivity index (χ4v) is 2.88. The lowest BCUT2D eigenvalue weighted by atomic mass is 10.1. The van der Waals surface area contributed by atoms with E-state index in [4.69, 9.17) is 9.47 Å². The van der Waals surface area contributed by atoms with Gasteiger partial charge < -0.3 is 19.7 Å². The van der Waals surface area contributed by atoms with Gasteiger partial charge in [-0.25, -0.2) is 9.78 Å². The van der Waals surface area contributed by atoms with E-state index in [1.807, 2.05) is 26.8 Å². The number of hydrogen-bond donors (Lipinski definition) is 1. The van der Waals surface area contributed by atoms with Crippen molar-refractivity contribution < 1.29 is 14.3 Å².